The van der Waals surface area contributed by atoms with Gasteiger partial charge in [0.05, 0.1) is 6.42 Å². The van der Waals surface area contributed by atoms with E-state index in [1.165, 1.54) is 12.8 Å². The van der Waals surface area contributed by atoms with Crippen molar-refractivity contribution in [1.29, 1.82) is 0 Å². The van der Waals surface area contributed by atoms with E-state index in [1.807, 2.05) is 0 Å². The fourth-order valence-corrected chi connectivity index (χ4v) is 1.31. The van der Waals surface area contributed by atoms with Crippen molar-refractivity contribution >= 4 is 18.4 Å². The number of carboxylic acid groups (broad SMARTS) is 1. The van der Waals surface area contributed by atoms with Crippen LogP contribution < -0.4 is 5.32 Å². The second-order valence-corrected chi connectivity index (χ2v) is 2.74. The number of carbonyl (C=O) groups is 1. The number of halogens is 1. The number of hydrogen-bond donors (Lipinski definition) is 2. The van der Waals surface area contributed by atoms with Gasteiger partial charge < -0.3 is 10.4 Å². The Kier molecular flexibility index (Phi) is 5.24. The fraction of sp³-hybridized carbons (Fsp3) is 0.857. The van der Waals surface area contributed by atoms with Crippen LogP contribution >= 0.6 is 12.4 Å². The minimum absolute atomic E-state index is 0. The smallest absolute Gasteiger partial charge is 0.304 e. The highest BCUT2D eigenvalue weighted by atomic mass is 35.5. The zero-order valence-electron chi connectivity index (χ0n) is 6.38. The molecule has 1 fully saturated rings. The normalized spacial score (nSPS) is 23.8. The largest absolute Gasteiger partial charge is 0.481 e. The summed E-state index contributed by atoms with van der Waals surface area (Å²) in [5, 5.41) is 11.6. The van der Waals surface area contributed by atoms with E-state index in [0.717, 1.165) is 13.0 Å². The first-order chi connectivity index (χ1) is 4.79. The topological polar surface area (TPSA) is 49.3 Å². The summed E-state index contributed by atoms with van der Waals surface area (Å²) in [6.07, 6.45) is 3.66. The summed E-state index contributed by atoms with van der Waals surface area (Å²) in [5.41, 5.74) is 0. The second-order valence-electron chi connectivity index (χ2n) is 2.74. The molecule has 0 unspecified atom stereocenters. The van der Waals surface area contributed by atoms with E-state index in [1.54, 1.807) is 0 Å². The number of aliphatic carboxylic acids is 1. The zero-order valence-corrected chi connectivity index (χ0v) is 7.19. The van der Waals surface area contributed by atoms with E-state index in [9.17, 15) is 4.79 Å². The Morgan fingerprint density at radius 2 is 2.27 bits per heavy atom. The molecule has 0 aromatic carbocycles. The van der Waals surface area contributed by atoms with E-state index >= 15 is 0 Å². The van der Waals surface area contributed by atoms with Crippen LogP contribution in [0.3, 0.4) is 0 Å². The number of nitrogens with one attached hydrogen (secondary N) is 1. The highest BCUT2D eigenvalue weighted by Crippen LogP contribution is 2.09. The predicted octanol–water partition coefficient (Wildman–Crippen LogP) is 1.02. The van der Waals surface area contributed by atoms with Crippen molar-refractivity contribution < 1.29 is 9.90 Å². The molecule has 4 heteroatoms. The van der Waals surface area contributed by atoms with Crippen molar-refractivity contribution in [3.05, 3.63) is 0 Å². The van der Waals surface area contributed by atoms with Gasteiger partial charge in [-0.3, -0.25) is 4.79 Å². The minimum Gasteiger partial charge on any atom is -0.481 e. The molecule has 1 rings (SSSR count). The molecular formula is C7H14ClNO2. The second kappa shape index (κ2) is 5.38. The summed E-state index contributed by atoms with van der Waals surface area (Å²) >= 11 is 0. The molecule has 66 valence electrons. The first-order valence-corrected chi connectivity index (χ1v) is 3.74. The highest BCUT2D eigenvalue weighted by molar-refractivity contribution is 5.85. The Morgan fingerprint density at radius 1 is 1.55 bits per heavy atom. The van der Waals surface area contributed by atoms with Crippen molar-refractivity contribution in [3.8, 4) is 0 Å². The third-order valence-electron chi connectivity index (χ3n) is 1.83. The van der Waals surface area contributed by atoms with Crippen LogP contribution in [0.2, 0.25) is 0 Å². The van der Waals surface area contributed by atoms with Crippen molar-refractivity contribution in [2.45, 2.75) is 31.7 Å². The van der Waals surface area contributed by atoms with Gasteiger partial charge in [0.2, 0.25) is 0 Å². The average molecular weight is 180 g/mol. The van der Waals surface area contributed by atoms with Crippen LogP contribution in [-0.4, -0.2) is 23.7 Å². The van der Waals surface area contributed by atoms with Crippen molar-refractivity contribution in [1.82, 2.24) is 5.32 Å². The lowest BCUT2D eigenvalue weighted by Crippen LogP contribution is -2.35. The molecule has 3 nitrogen and oxygen atoms in total. The Balaban J connectivity index is 0.000001000. The predicted molar refractivity (Wildman–Crippen MR) is 45.1 cm³/mol. The van der Waals surface area contributed by atoms with Crippen LogP contribution in [0.5, 0.6) is 0 Å². The van der Waals surface area contributed by atoms with Gasteiger partial charge in [-0.1, -0.05) is 6.42 Å². The molecular weight excluding hydrogens is 166 g/mol. The van der Waals surface area contributed by atoms with Gasteiger partial charge in [0.25, 0.3) is 0 Å². The minimum atomic E-state index is -0.695. The monoisotopic (exact) mass is 179 g/mol. The third kappa shape index (κ3) is 4.22. The summed E-state index contributed by atoms with van der Waals surface area (Å²) in [5.74, 6) is -0.695. The SMILES string of the molecule is Cl.O=C(O)C[C@H]1CCCCN1. The van der Waals surface area contributed by atoms with Crippen LogP contribution in [-0.2, 0) is 4.79 Å². The first kappa shape index (κ1) is 10.7. The van der Waals surface area contributed by atoms with Gasteiger partial charge in [-0.05, 0) is 19.4 Å². The van der Waals surface area contributed by atoms with E-state index in [4.69, 9.17) is 5.11 Å². The standard InChI is InChI=1S/C7H13NO2.ClH/c9-7(10)5-6-3-1-2-4-8-6;/h6,8H,1-5H2,(H,9,10);1H/t6-;/m1./s1. The first-order valence-electron chi connectivity index (χ1n) is 3.74. The zero-order chi connectivity index (χ0) is 7.40. The highest BCUT2D eigenvalue weighted by Gasteiger charge is 2.14. The number of rotatable bonds is 2. The Labute approximate surface area is 72.6 Å². The quantitative estimate of drug-likeness (QED) is 0.666. The lowest BCUT2D eigenvalue weighted by Gasteiger charge is -2.21. The number of hydrogen-bond acceptors (Lipinski definition) is 2. The molecule has 11 heavy (non-hydrogen) atoms. The van der Waals surface area contributed by atoms with Gasteiger partial charge >= 0.3 is 5.97 Å². The Bertz CT molecular complexity index is 124. The maximum absolute atomic E-state index is 10.2. The van der Waals surface area contributed by atoms with Crippen LogP contribution in [0, 0.1) is 0 Å². The van der Waals surface area contributed by atoms with Crippen LogP contribution in [0.25, 0.3) is 0 Å². The van der Waals surface area contributed by atoms with Gasteiger partial charge in [0, 0.05) is 6.04 Å². The molecule has 0 amide bonds. The fourth-order valence-electron chi connectivity index (χ4n) is 1.31. The molecule has 1 aliphatic rings. The van der Waals surface area contributed by atoms with Crippen LogP contribution in [0.1, 0.15) is 25.7 Å². The molecule has 0 radical (unpaired) electrons. The summed E-state index contributed by atoms with van der Waals surface area (Å²) in [7, 11) is 0. The van der Waals surface area contributed by atoms with E-state index < -0.39 is 5.97 Å². The summed E-state index contributed by atoms with van der Waals surface area (Å²) < 4.78 is 0. The maximum Gasteiger partial charge on any atom is 0.304 e. The molecule has 1 aliphatic heterocycles. The van der Waals surface area contributed by atoms with E-state index in [2.05, 4.69) is 5.32 Å². The molecule has 1 heterocycles. The molecule has 0 bridgehead atoms. The van der Waals surface area contributed by atoms with Gasteiger partial charge in [0.1, 0.15) is 0 Å². The van der Waals surface area contributed by atoms with E-state index in [0.29, 0.717) is 0 Å². The van der Waals surface area contributed by atoms with Crippen molar-refractivity contribution in [2.75, 3.05) is 6.54 Å². The van der Waals surface area contributed by atoms with Gasteiger partial charge in [0.15, 0.2) is 0 Å². The molecule has 0 aliphatic carbocycles. The van der Waals surface area contributed by atoms with Crippen molar-refractivity contribution in [2.24, 2.45) is 0 Å². The maximum atomic E-state index is 10.2. The summed E-state index contributed by atoms with van der Waals surface area (Å²) in [4.78, 5) is 10.2. The number of carboxylic acids is 1. The lowest BCUT2D eigenvalue weighted by atomic mass is 10.0. The molecule has 0 saturated carbocycles. The third-order valence-corrected chi connectivity index (χ3v) is 1.83. The average Bonchev–Trinajstić information content (AvgIpc) is 1.88. The summed E-state index contributed by atoms with van der Waals surface area (Å²) in [6, 6.07) is 0.228. The lowest BCUT2D eigenvalue weighted by molar-refractivity contribution is -0.137. The molecule has 1 atom stereocenters. The molecule has 0 aromatic rings. The Hall–Kier alpha value is -0.280. The molecule has 1 saturated heterocycles. The van der Waals surface area contributed by atoms with E-state index in [-0.39, 0.29) is 24.9 Å². The van der Waals surface area contributed by atoms with Gasteiger partial charge in [-0.15, -0.1) is 12.4 Å². The number of piperidine rings is 1. The van der Waals surface area contributed by atoms with Crippen LogP contribution in [0.15, 0.2) is 0 Å². The van der Waals surface area contributed by atoms with Crippen molar-refractivity contribution in [3.63, 3.8) is 0 Å². The van der Waals surface area contributed by atoms with Gasteiger partial charge in [-0.25, -0.2) is 0 Å². The molecule has 2 N–H and O–H groups in total. The summed E-state index contributed by atoms with van der Waals surface area (Å²) in [6.45, 7) is 0.984. The Morgan fingerprint density at radius 3 is 2.73 bits per heavy atom. The molecule has 0 spiro atoms. The van der Waals surface area contributed by atoms with Gasteiger partial charge in [-0.2, -0.15) is 0 Å². The van der Waals surface area contributed by atoms with Crippen LogP contribution in [0.4, 0.5) is 0 Å². The molecule has 0 aromatic heterocycles.